The summed E-state index contributed by atoms with van der Waals surface area (Å²) in [6.45, 7) is 0. The highest BCUT2D eigenvalue weighted by Crippen LogP contribution is 2.01. The number of anilines is 1. The lowest BCUT2D eigenvalue weighted by Crippen LogP contribution is -1.96. The molecule has 0 bridgehead atoms. The predicted molar refractivity (Wildman–Crippen MR) is 39.4 cm³/mol. The summed E-state index contributed by atoms with van der Waals surface area (Å²) in [6.07, 6.45) is 0. The number of rotatable bonds is 1. The van der Waals surface area contributed by atoms with Crippen LogP contribution in [0.1, 0.15) is 10.5 Å². The zero-order valence-corrected chi connectivity index (χ0v) is 5.81. The Hall–Kier alpha value is -1.16. The van der Waals surface area contributed by atoms with Gasteiger partial charge in [-0.15, -0.1) is 12.4 Å². The van der Waals surface area contributed by atoms with Crippen molar-refractivity contribution in [1.82, 2.24) is 4.98 Å². The van der Waals surface area contributed by atoms with Crippen LogP contribution in [0.4, 0.5) is 5.82 Å². The van der Waals surface area contributed by atoms with Crippen LogP contribution in [0.15, 0.2) is 12.1 Å². The summed E-state index contributed by atoms with van der Waals surface area (Å²) in [6, 6.07) is 2.92. The molecule has 0 aliphatic carbocycles. The molecule has 0 aromatic carbocycles. The Balaban J connectivity index is 0.000000810. The zero-order valence-electron chi connectivity index (χ0n) is 5.00. The molecule has 1 aromatic rings. The van der Waals surface area contributed by atoms with Gasteiger partial charge < -0.3 is 15.8 Å². The Morgan fingerprint density at radius 3 is 2.40 bits per heavy atom. The third-order valence-electron chi connectivity index (χ3n) is 0.939. The number of hydrogen-bond donors (Lipinski definition) is 3. The van der Waals surface area contributed by atoms with Crippen LogP contribution in [-0.4, -0.2) is 16.1 Å². The van der Waals surface area contributed by atoms with Gasteiger partial charge in [-0.25, -0.2) is 4.79 Å². The van der Waals surface area contributed by atoms with Crippen LogP contribution in [0.25, 0.3) is 0 Å². The monoisotopic (exact) mass is 162 g/mol. The Kier molecular flexibility index (Phi) is 2.76. The molecule has 0 spiro atoms. The quantitative estimate of drug-likeness (QED) is 0.569. The fourth-order valence-electron chi connectivity index (χ4n) is 0.537. The molecule has 56 valence electrons. The van der Waals surface area contributed by atoms with Crippen molar-refractivity contribution in [1.29, 1.82) is 0 Å². The van der Waals surface area contributed by atoms with Gasteiger partial charge in [-0.05, 0) is 12.1 Å². The second kappa shape index (κ2) is 3.12. The highest BCUT2D eigenvalue weighted by molar-refractivity contribution is 5.86. The van der Waals surface area contributed by atoms with Gasteiger partial charge in [-0.2, -0.15) is 0 Å². The van der Waals surface area contributed by atoms with E-state index in [1.807, 2.05) is 0 Å². The number of aromatic nitrogens is 1. The Morgan fingerprint density at radius 2 is 2.20 bits per heavy atom. The van der Waals surface area contributed by atoms with Crippen molar-refractivity contribution >= 4 is 24.2 Å². The average molecular weight is 163 g/mol. The molecule has 4 nitrogen and oxygen atoms in total. The van der Waals surface area contributed by atoms with Gasteiger partial charge in [-0.1, -0.05) is 0 Å². The van der Waals surface area contributed by atoms with Crippen LogP contribution in [0.3, 0.4) is 0 Å². The lowest BCUT2D eigenvalue weighted by atomic mass is 10.4. The maximum Gasteiger partial charge on any atom is 0.352 e. The van der Waals surface area contributed by atoms with Crippen LogP contribution >= 0.6 is 12.4 Å². The number of nitrogens with one attached hydrogen (secondary N) is 1. The van der Waals surface area contributed by atoms with Crippen molar-refractivity contribution in [2.75, 3.05) is 5.73 Å². The normalized spacial score (nSPS) is 8.40. The van der Waals surface area contributed by atoms with E-state index in [4.69, 9.17) is 10.8 Å². The number of hydrogen-bond acceptors (Lipinski definition) is 2. The summed E-state index contributed by atoms with van der Waals surface area (Å²) in [5.74, 6) is -0.626. The predicted octanol–water partition coefficient (Wildman–Crippen LogP) is 0.717. The fourth-order valence-corrected chi connectivity index (χ4v) is 0.537. The van der Waals surface area contributed by atoms with E-state index in [0.717, 1.165) is 0 Å². The first kappa shape index (κ1) is 8.84. The summed E-state index contributed by atoms with van der Waals surface area (Å²) in [5, 5.41) is 8.31. The smallest absolute Gasteiger partial charge is 0.352 e. The molecular weight excluding hydrogens is 156 g/mol. The molecule has 0 amide bonds. The molecule has 0 fully saturated rings. The summed E-state index contributed by atoms with van der Waals surface area (Å²) in [4.78, 5) is 12.6. The summed E-state index contributed by atoms with van der Waals surface area (Å²) in [5.41, 5.74) is 5.32. The first-order valence-corrected chi connectivity index (χ1v) is 2.38. The molecule has 1 rings (SSSR count). The lowest BCUT2D eigenvalue weighted by molar-refractivity contribution is 0.0691. The van der Waals surface area contributed by atoms with E-state index < -0.39 is 5.97 Å². The van der Waals surface area contributed by atoms with Crippen molar-refractivity contribution in [3.8, 4) is 0 Å². The largest absolute Gasteiger partial charge is 0.477 e. The van der Waals surface area contributed by atoms with Gasteiger partial charge in [-0.3, -0.25) is 0 Å². The number of aromatic amines is 1. The van der Waals surface area contributed by atoms with Gasteiger partial charge in [0.25, 0.3) is 0 Å². The van der Waals surface area contributed by atoms with E-state index >= 15 is 0 Å². The van der Waals surface area contributed by atoms with E-state index in [1.165, 1.54) is 12.1 Å². The third kappa shape index (κ3) is 1.66. The minimum absolute atomic E-state index is 0. The third-order valence-corrected chi connectivity index (χ3v) is 0.939. The molecule has 5 heteroatoms. The highest BCUT2D eigenvalue weighted by Gasteiger charge is 2.01. The Bertz CT molecular complexity index is 233. The van der Waals surface area contributed by atoms with Crippen molar-refractivity contribution in [2.24, 2.45) is 0 Å². The van der Waals surface area contributed by atoms with Gasteiger partial charge in [0.05, 0.1) is 0 Å². The van der Waals surface area contributed by atoms with Crippen molar-refractivity contribution in [2.45, 2.75) is 0 Å². The molecule has 1 heterocycles. The second-order valence-corrected chi connectivity index (χ2v) is 1.63. The number of halogens is 1. The van der Waals surface area contributed by atoms with Crippen molar-refractivity contribution in [3.05, 3.63) is 17.8 Å². The molecule has 0 atom stereocenters. The average Bonchev–Trinajstić information content (AvgIpc) is 2.14. The zero-order chi connectivity index (χ0) is 6.85. The maximum absolute atomic E-state index is 10.1. The second-order valence-electron chi connectivity index (χ2n) is 1.63. The summed E-state index contributed by atoms with van der Waals surface area (Å²) >= 11 is 0. The van der Waals surface area contributed by atoms with E-state index in [-0.39, 0.29) is 18.1 Å². The summed E-state index contributed by atoms with van der Waals surface area (Å²) in [7, 11) is 0. The summed E-state index contributed by atoms with van der Waals surface area (Å²) < 4.78 is 0. The van der Waals surface area contributed by atoms with E-state index in [9.17, 15) is 4.79 Å². The molecule has 10 heavy (non-hydrogen) atoms. The standard InChI is InChI=1S/C5H6N2O2.ClH/c6-4-2-1-3(7-4)5(8)9;/h1-2,7H,6H2,(H,8,9);1H. The van der Waals surface area contributed by atoms with Crippen LogP contribution < -0.4 is 5.73 Å². The van der Waals surface area contributed by atoms with Gasteiger partial charge in [0, 0.05) is 0 Å². The molecule has 0 aliphatic rings. The van der Waals surface area contributed by atoms with Crippen LogP contribution in [0.2, 0.25) is 0 Å². The number of carbonyl (C=O) groups is 1. The number of carboxylic acid groups (broad SMARTS) is 1. The number of aromatic carboxylic acids is 1. The minimum atomic E-state index is -0.994. The van der Waals surface area contributed by atoms with Crippen LogP contribution in [0, 0.1) is 0 Å². The molecule has 1 aromatic heterocycles. The van der Waals surface area contributed by atoms with Gasteiger partial charge >= 0.3 is 5.97 Å². The Morgan fingerprint density at radius 1 is 1.60 bits per heavy atom. The Labute approximate surface area is 63.5 Å². The van der Waals surface area contributed by atoms with Crippen molar-refractivity contribution < 1.29 is 9.90 Å². The molecular formula is C5H7ClN2O2. The number of nitrogen functional groups attached to an aromatic ring is 1. The molecule has 0 saturated carbocycles. The first-order valence-electron chi connectivity index (χ1n) is 2.38. The SMILES string of the molecule is Cl.Nc1ccc(C(=O)O)[nH]1. The first-order chi connectivity index (χ1) is 4.20. The molecule has 0 unspecified atom stereocenters. The van der Waals surface area contributed by atoms with E-state index in [2.05, 4.69) is 4.98 Å². The topological polar surface area (TPSA) is 79.1 Å². The van der Waals surface area contributed by atoms with Crippen LogP contribution in [0.5, 0.6) is 0 Å². The van der Waals surface area contributed by atoms with Crippen molar-refractivity contribution in [3.63, 3.8) is 0 Å². The van der Waals surface area contributed by atoms with E-state index in [0.29, 0.717) is 5.82 Å². The van der Waals surface area contributed by atoms with Gasteiger partial charge in [0.15, 0.2) is 0 Å². The highest BCUT2D eigenvalue weighted by atomic mass is 35.5. The number of nitrogens with two attached hydrogens (primary N) is 1. The van der Waals surface area contributed by atoms with Crippen LogP contribution in [-0.2, 0) is 0 Å². The molecule has 0 radical (unpaired) electrons. The number of carboxylic acids is 1. The van der Waals surface area contributed by atoms with Gasteiger partial charge in [0.2, 0.25) is 0 Å². The fraction of sp³-hybridized carbons (Fsp3) is 0. The van der Waals surface area contributed by atoms with Gasteiger partial charge in [0.1, 0.15) is 11.5 Å². The van der Waals surface area contributed by atoms with E-state index in [1.54, 1.807) is 0 Å². The maximum atomic E-state index is 10.1. The molecule has 0 aliphatic heterocycles. The molecule has 4 N–H and O–H groups in total. The number of H-pyrrole nitrogens is 1. The molecule has 0 saturated heterocycles. The minimum Gasteiger partial charge on any atom is -0.477 e. The lowest BCUT2D eigenvalue weighted by Gasteiger charge is -1.83.